The Labute approximate surface area is 127 Å². The average molecular weight is 332 g/mol. The molecule has 2 aromatic rings. The van der Waals surface area contributed by atoms with Crippen molar-refractivity contribution in [3.63, 3.8) is 0 Å². The Kier molecular flexibility index (Phi) is 4.33. The summed E-state index contributed by atoms with van der Waals surface area (Å²) >= 11 is 7.21. The van der Waals surface area contributed by atoms with Gasteiger partial charge in [0.2, 0.25) is 10.0 Å². The van der Waals surface area contributed by atoms with E-state index in [1.54, 1.807) is 5.51 Å². The molecule has 0 bridgehead atoms. The molecule has 0 saturated carbocycles. The summed E-state index contributed by atoms with van der Waals surface area (Å²) in [5.41, 5.74) is 8.42. The molecular formula is C12H14ClN3O2S2. The van der Waals surface area contributed by atoms with Crippen molar-refractivity contribution >= 4 is 38.6 Å². The maximum absolute atomic E-state index is 12.5. The van der Waals surface area contributed by atoms with Crippen LogP contribution in [-0.2, 0) is 16.6 Å². The van der Waals surface area contributed by atoms with E-state index in [1.807, 2.05) is 6.92 Å². The van der Waals surface area contributed by atoms with Crippen molar-refractivity contribution in [2.24, 2.45) is 0 Å². The molecule has 1 aromatic carbocycles. The largest absolute Gasteiger partial charge is 0.398 e. The number of hydrogen-bond donors (Lipinski definition) is 1. The predicted molar refractivity (Wildman–Crippen MR) is 81.4 cm³/mol. The van der Waals surface area contributed by atoms with Gasteiger partial charge in [0.1, 0.15) is 4.90 Å². The quantitative estimate of drug-likeness (QED) is 0.873. The van der Waals surface area contributed by atoms with Gasteiger partial charge in [0, 0.05) is 23.5 Å². The van der Waals surface area contributed by atoms with Gasteiger partial charge >= 0.3 is 0 Å². The minimum absolute atomic E-state index is 0.0616. The van der Waals surface area contributed by atoms with Gasteiger partial charge < -0.3 is 5.73 Å². The van der Waals surface area contributed by atoms with Crippen LogP contribution >= 0.6 is 22.9 Å². The van der Waals surface area contributed by atoms with Gasteiger partial charge in [0.25, 0.3) is 0 Å². The summed E-state index contributed by atoms with van der Waals surface area (Å²) in [5.74, 6) is 0. The van der Waals surface area contributed by atoms with Crippen molar-refractivity contribution in [3.05, 3.63) is 39.3 Å². The van der Waals surface area contributed by atoms with Gasteiger partial charge in [0.15, 0.2) is 0 Å². The zero-order valence-electron chi connectivity index (χ0n) is 11.0. The summed E-state index contributed by atoms with van der Waals surface area (Å²) in [6, 6.07) is 4.36. The summed E-state index contributed by atoms with van der Waals surface area (Å²) in [6.45, 7) is 2.11. The Morgan fingerprint density at radius 3 is 2.70 bits per heavy atom. The molecule has 0 saturated heterocycles. The van der Waals surface area contributed by atoms with Crippen LogP contribution in [0.15, 0.2) is 28.6 Å². The second-order valence-corrected chi connectivity index (χ2v) is 7.69. The van der Waals surface area contributed by atoms with E-state index >= 15 is 0 Å². The van der Waals surface area contributed by atoms with Crippen molar-refractivity contribution < 1.29 is 8.42 Å². The molecule has 0 aliphatic rings. The van der Waals surface area contributed by atoms with Gasteiger partial charge in [-0.25, -0.2) is 13.4 Å². The van der Waals surface area contributed by atoms with Crippen LogP contribution in [0.5, 0.6) is 0 Å². The molecule has 5 nitrogen and oxygen atoms in total. The molecule has 0 aliphatic heterocycles. The molecule has 8 heteroatoms. The first-order chi connectivity index (χ1) is 9.32. The number of thiazole rings is 1. The third kappa shape index (κ3) is 2.95. The molecule has 2 rings (SSSR count). The monoisotopic (exact) mass is 331 g/mol. The highest BCUT2D eigenvalue weighted by molar-refractivity contribution is 7.89. The zero-order valence-corrected chi connectivity index (χ0v) is 13.4. The standard InChI is InChI=1S/C12H14ClN3O2S2/c1-8-11(19-7-15-8)6-16(2)20(17,18)12-4-3-9(13)5-10(12)14/h3-5,7H,6,14H2,1-2H3. The highest BCUT2D eigenvalue weighted by Crippen LogP contribution is 2.26. The normalized spacial score (nSPS) is 12.0. The predicted octanol–water partition coefficient (Wildman–Crippen LogP) is 2.51. The van der Waals surface area contributed by atoms with E-state index in [1.165, 1.54) is 40.9 Å². The summed E-state index contributed by atoms with van der Waals surface area (Å²) in [7, 11) is -2.13. The number of aromatic nitrogens is 1. The Bertz CT molecular complexity index is 728. The fraction of sp³-hybridized carbons (Fsp3) is 0.250. The van der Waals surface area contributed by atoms with E-state index in [-0.39, 0.29) is 17.1 Å². The molecule has 0 amide bonds. The maximum Gasteiger partial charge on any atom is 0.245 e. The number of nitrogens with two attached hydrogens (primary N) is 1. The Hall–Kier alpha value is -1.15. The van der Waals surface area contributed by atoms with Gasteiger partial charge in [-0.1, -0.05) is 11.6 Å². The van der Waals surface area contributed by atoms with Crippen molar-refractivity contribution in [3.8, 4) is 0 Å². The molecule has 1 aromatic heterocycles. The summed E-state index contributed by atoms with van der Waals surface area (Å²) in [4.78, 5) is 5.08. The molecule has 0 spiro atoms. The minimum atomic E-state index is -3.65. The van der Waals surface area contributed by atoms with E-state index in [2.05, 4.69) is 4.98 Å². The molecule has 0 radical (unpaired) electrons. The van der Waals surface area contributed by atoms with Crippen molar-refractivity contribution in [1.82, 2.24) is 9.29 Å². The average Bonchev–Trinajstić information content (AvgIpc) is 2.74. The number of nitrogen functional groups attached to an aromatic ring is 1. The Morgan fingerprint density at radius 2 is 2.15 bits per heavy atom. The number of benzene rings is 1. The third-order valence-electron chi connectivity index (χ3n) is 2.87. The SMILES string of the molecule is Cc1ncsc1CN(C)S(=O)(=O)c1ccc(Cl)cc1N. The van der Waals surface area contributed by atoms with Crippen LogP contribution in [0, 0.1) is 6.92 Å². The van der Waals surface area contributed by atoms with Gasteiger partial charge in [0.05, 0.1) is 16.9 Å². The summed E-state index contributed by atoms with van der Waals surface area (Å²) in [6.07, 6.45) is 0. The highest BCUT2D eigenvalue weighted by atomic mass is 35.5. The van der Waals surface area contributed by atoms with E-state index in [9.17, 15) is 8.42 Å². The van der Waals surface area contributed by atoms with Crippen molar-refractivity contribution in [1.29, 1.82) is 0 Å². The van der Waals surface area contributed by atoms with Crippen molar-refractivity contribution in [2.75, 3.05) is 12.8 Å². The van der Waals surface area contributed by atoms with Crippen LogP contribution in [-0.4, -0.2) is 24.8 Å². The number of hydrogen-bond acceptors (Lipinski definition) is 5. The summed E-state index contributed by atoms with van der Waals surface area (Å²) < 4.78 is 26.2. The lowest BCUT2D eigenvalue weighted by atomic mass is 10.3. The van der Waals surface area contributed by atoms with Crippen LogP contribution in [0.2, 0.25) is 5.02 Å². The number of sulfonamides is 1. The smallest absolute Gasteiger partial charge is 0.245 e. The van der Waals surface area contributed by atoms with Crippen LogP contribution in [0.4, 0.5) is 5.69 Å². The molecule has 0 atom stereocenters. The van der Waals surface area contributed by atoms with E-state index in [4.69, 9.17) is 17.3 Å². The minimum Gasteiger partial charge on any atom is -0.398 e. The molecule has 0 fully saturated rings. The molecule has 108 valence electrons. The van der Waals surface area contributed by atoms with Crippen molar-refractivity contribution in [2.45, 2.75) is 18.4 Å². The first kappa shape index (κ1) is 15.2. The molecule has 1 heterocycles. The molecule has 2 N–H and O–H groups in total. The van der Waals surface area contributed by atoms with Crippen LogP contribution in [0.25, 0.3) is 0 Å². The molecule has 20 heavy (non-hydrogen) atoms. The van der Waals surface area contributed by atoms with Crippen LogP contribution in [0.1, 0.15) is 10.6 Å². The van der Waals surface area contributed by atoms with E-state index < -0.39 is 10.0 Å². The Morgan fingerprint density at radius 1 is 1.45 bits per heavy atom. The molecule has 0 aliphatic carbocycles. The second-order valence-electron chi connectivity index (χ2n) is 4.30. The number of halogens is 1. The van der Waals surface area contributed by atoms with Crippen LogP contribution in [0.3, 0.4) is 0 Å². The number of rotatable bonds is 4. The van der Waals surface area contributed by atoms with E-state index in [0.717, 1.165) is 10.6 Å². The Balaban J connectivity index is 2.32. The molecule has 0 unspecified atom stereocenters. The lowest BCUT2D eigenvalue weighted by Gasteiger charge is -2.18. The van der Waals surface area contributed by atoms with Gasteiger partial charge in [-0.15, -0.1) is 11.3 Å². The zero-order chi connectivity index (χ0) is 14.9. The second kappa shape index (κ2) is 5.69. The fourth-order valence-corrected chi connectivity index (χ4v) is 4.01. The van der Waals surface area contributed by atoms with E-state index in [0.29, 0.717) is 5.02 Å². The maximum atomic E-state index is 12.5. The summed E-state index contributed by atoms with van der Waals surface area (Å²) in [5, 5.41) is 0.405. The fourth-order valence-electron chi connectivity index (χ4n) is 1.69. The number of aryl methyl sites for hydroxylation is 1. The number of nitrogens with zero attached hydrogens (tertiary/aromatic N) is 2. The lowest BCUT2D eigenvalue weighted by molar-refractivity contribution is 0.469. The number of anilines is 1. The van der Waals surface area contributed by atoms with Crippen LogP contribution < -0.4 is 5.73 Å². The topological polar surface area (TPSA) is 76.3 Å². The van der Waals surface area contributed by atoms with Gasteiger partial charge in [-0.05, 0) is 25.1 Å². The van der Waals surface area contributed by atoms with Gasteiger partial charge in [-0.2, -0.15) is 4.31 Å². The third-order valence-corrected chi connectivity index (χ3v) is 5.90. The van der Waals surface area contributed by atoms with Gasteiger partial charge in [-0.3, -0.25) is 0 Å². The first-order valence-corrected chi connectivity index (χ1v) is 8.42. The first-order valence-electron chi connectivity index (χ1n) is 5.72. The lowest BCUT2D eigenvalue weighted by Crippen LogP contribution is -2.27. The highest BCUT2D eigenvalue weighted by Gasteiger charge is 2.24. The molecular weight excluding hydrogens is 318 g/mol.